The number of alkyl halides is 2. The molecule has 3 aromatic rings. The SMILES string of the molecule is OC1c2c(-c3ccccc3)cn(-c3cc(F)cc(Cl)c3)c2CCC1(F)F. The molecular formula is C20H15ClF3NO. The van der Waals surface area contributed by atoms with Crippen molar-refractivity contribution >= 4 is 11.6 Å². The Morgan fingerprint density at radius 1 is 1.12 bits per heavy atom. The van der Waals surface area contributed by atoms with Crippen LogP contribution in [0.4, 0.5) is 13.2 Å². The lowest BCUT2D eigenvalue weighted by atomic mass is 9.87. The molecule has 0 fully saturated rings. The normalized spacial score (nSPS) is 18.6. The molecular weight excluding hydrogens is 363 g/mol. The largest absolute Gasteiger partial charge is 0.382 e. The molecule has 1 aliphatic carbocycles. The third-order valence-corrected chi connectivity index (χ3v) is 4.95. The number of nitrogens with zero attached hydrogens (tertiary/aromatic N) is 1. The van der Waals surface area contributed by atoms with Gasteiger partial charge in [-0.3, -0.25) is 0 Å². The number of hydrogen-bond acceptors (Lipinski definition) is 1. The van der Waals surface area contributed by atoms with Gasteiger partial charge in [-0.25, -0.2) is 13.2 Å². The summed E-state index contributed by atoms with van der Waals surface area (Å²) in [6, 6.07) is 13.0. The van der Waals surface area contributed by atoms with Crippen LogP contribution in [0.15, 0.2) is 54.7 Å². The highest BCUT2D eigenvalue weighted by Crippen LogP contribution is 2.47. The topological polar surface area (TPSA) is 25.2 Å². The maximum absolute atomic E-state index is 14.2. The van der Waals surface area contributed by atoms with Gasteiger partial charge >= 0.3 is 0 Å². The molecule has 6 heteroatoms. The number of aromatic nitrogens is 1. The Kier molecular flexibility index (Phi) is 4.09. The zero-order chi connectivity index (χ0) is 18.5. The zero-order valence-electron chi connectivity index (χ0n) is 13.6. The molecule has 0 saturated carbocycles. The van der Waals surface area contributed by atoms with E-state index in [1.54, 1.807) is 41.1 Å². The lowest BCUT2D eigenvalue weighted by Crippen LogP contribution is -2.32. The fraction of sp³-hybridized carbons (Fsp3) is 0.200. The van der Waals surface area contributed by atoms with Gasteiger partial charge in [0.15, 0.2) is 0 Å². The van der Waals surface area contributed by atoms with Crippen LogP contribution in [0.25, 0.3) is 16.8 Å². The van der Waals surface area contributed by atoms with Gasteiger partial charge in [-0.05, 0) is 30.2 Å². The van der Waals surface area contributed by atoms with Gasteiger partial charge < -0.3 is 9.67 Å². The minimum absolute atomic E-state index is 0.0698. The van der Waals surface area contributed by atoms with Crippen LogP contribution in [0.2, 0.25) is 5.02 Å². The van der Waals surface area contributed by atoms with E-state index in [1.165, 1.54) is 12.1 Å². The van der Waals surface area contributed by atoms with Crippen LogP contribution in [-0.4, -0.2) is 15.6 Å². The second-order valence-corrected chi connectivity index (χ2v) is 6.87. The summed E-state index contributed by atoms with van der Waals surface area (Å²) in [6.45, 7) is 0. The summed E-state index contributed by atoms with van der Waals surface area (Å²) in [5.41, 5.74) is 2.39. The molecule has 4 rings (SSSR count). The zero-order valence-corrected chi connectivity index (χ0v) is 14.3. The Balaban J connectivity index is 1.98. The molecule has 2 aromatic carbocycles. The average Bonchev–Trinajstić information content (AvgIpc) is 2.98. The fourth-order valence-corrected chi connectivity index (χ4v) is 3.73. The van der Waals surface area contributed by atoms with Gasteiger partial charge in [-0.15, -0.1) is 0 Å². The van der Waals surface area contributed by atoms with Crippen LogP contribution >= 0.6 is 11.6 Å². The number of halogens is 4. The summed E-state index contributed by atoms with van der Waals surface area (Å²) in [5.74, 6) is -3.72. The van der Waals surface area contributed by atoms with Crippen molar-refractivity contribution in [2.45, 2.75) is 24.9 Å². The number of fused-ring (bicyclic) bond motifs is 1. The maximum Gasteiger partial charge on any atom is 0.278 e. The van der Waals surface area contributed by atoms with E-state index >= 15 is 0 Å². The summed E-state index contributed by atoms with van der Waals surface area (Å²) in [4.78, 5) is 0. The van der Waals surface area contributed by atoms with E-state index in [4.69, 9.17) is 11.6 Å². The molecule has 1 aromatic heterocycles. The Hall–Kier alpha value is -2.24. The van der Waals surface area contributed by atoms with Crippen molar-refractivity contribution in [3.63, 3.8) is 0 Å². The van der Waals surface area contributed by atoms with E-state index in [1.807, 2.05) is 6.07 Å². The first-order chi connectivity index (χ1) is 12.4. The second-order valence-electron chi connectivity index (χ2n) is 6.43. The van der Waals surface area contributed by atoms with Crippen LogP contribution in [0.1, 0.15) is 23.8 Å². The first-order valence-electron chi connectivity index (χ1n) is 8.19. The molecule has 26 heavy (non-hydrogen) atoms. The summed E-state index contributed by atoms with van der Waals surface area (Å²) in [6.07, 6.45) is -0.648. The maximum atomic E-state index is 14.2. The summed E-state index contributed by atoms with van der Waals surface area (Å²) >= 11 is 5.96. The average molecular weight is 378 g/mol. The van der Waals surface area contributed by atoms with Gasteiger partial charge in [0.1, 0.15) is 11.9 Å². The molecule has 1 unspecified atom stereocenters. The van der Waals surface area contributed by atoms with E-state index < -0.39 is 24.3 Å². The van der Waals surface area contributed by atoms with E-state index in [2.05, 4.69) is 0 Å². The minimum Gasteiger partial charge on any atom is -0.382 e. The molecule has 1 N–H and O–H groups in total. The summed E-state index contributed by atoms with van der Waals surface area (Å²) < 4.78 is 43.8. The highest BCUT2D eigenvalue weighted by atomic mass is 35.5. The summed E-state index contributed by atoms with van der Waals surface area (Å²) in [7, 11) is 0. The van der Waals surface area contributed by atoms with Crippen molar-refractivity contribution in [3.05, 3.63) is 76.8 Å². The highest BCUT2D eigenvalue weighted by molar-refractivity contribution is 6.30. The molecule has 0 amide bonds. The van der Waals surface area contributed by atoms with Crippen LogP contribution in [0, 0.1) is 5.82 Å². The number of aliphatic hydroxyl groups excluding tert-OH is 1. The predicted molar refractivity (Wildman–Crippen MR) is 94.4 cm³/mol. The van der Waals surface area contributed by atoms with E-state index in [9.17, 15) is 18.3 Å². The molecule has 0 bridgehead atoms. The Bertz CT molecular complexity index is 948. The van der Waals surface area contributed by atoms with Crippen LogP contribution < -0.4 is 0 Å². The molecule has 1 aliphatic rings. The molecule has 0 aliphatic heterocycles. The highest BCUT2D eigenvalue weighted by Gasteiger charge is 2.46. The van der Waals surface area contributed by atoms with Gasteiger partial charge in [-0.1, -0.05) is 41.9 Å². The molecule has 0 saturated heterocycles. The lowest BCUT2D eigenvalue weighted by Gasteiger charge is -2.29. The monoisotopic (exact) mass is 377 g/mol. The van der Waals surface area contributed by atoms with Crippen molar-refractivity contribution in [3.8, 4) is 16.8 Å². The van der Waals surface area contributed by atoms with Gasteiger partial charge in [0, 0.05) is 40.1 Å². The van der Waals surface area contributed by atoms with Crippen molar-refractivity contribution < 1.29 is 18.3 Å². The molecule has 134 valence electrons. The third kappa shape index (κ3) is 2.81. The molecule has 2 nitrogen and oxygen atoms in total. The second kappa shape index (κ2) is 6.18. The van der Waals surface area contributed by atoms with Crippen LogP contribution in [-0.2, 0) is 6.42 Å². The standard InChI is InChI=1S/C20H15ClF3NO/c21-13-8-14(22)10-15(9-13)25-11-16(12-4-2-1-3-5-12)18-17(25)6-7-20(23,24)19(18)26/h1-5,8-11,19,26H,6-7H2. The van der Waals surface area contributed by atoms with Crippen LogP contribution in [0.5, 0.6) is 0 Å². The van der Waals surface area contributed by atoms with E-state index in [-0.39, 0.29) is 17.0 Å². The van der Waals surface area contributed by atoms with E-state index in [0.29, 0.717) is 22.5 Å². The van der Waals surface area contributed by atoms with Crippen molar-refractivity contribution in [2.75, 3.05) is 0 Å². The van der Waals surface area contributed by atoms with Crippen molar-refractivity contribution in [1.82, 2.24) is 4.57 Å². The minimum atomic E-state index is -3.21. The van der Waals surface area contributed by atoms with Crippen LogP contribution in [0.3, 0.4) is 0 Å². The third-order valence-electron chi connectivity index (χ3n) is 4.73. The predicted octanol–water partition coefficient (Wildman–Crippen LogP) is 5.55. The van der Waals surface area contributed by atoms with Gasteiger partial charge in [0.05, 0.1) is 0 Å². The number of aliphatic hydroxyl groups is 1. The quantitative estimate of drug-likeness (QED) is 0.622. The van der Waals surface area contributed by atoms with Gasteiger partial charge in [-0.2, -0.15) is 0 Å². The van der Waals surface area contributed by atoms with Gasteiger partial charge in [0.25, 0.3) is 5.92 Å². The fourth-order valence-electron chi connectivity index (χ4n) is 3.51. The Morgan fingerprint density at radius 2 is 1.85 bits per heavy atom. The first-order valence-corrected chi connectivity index (χ1v) is 8.56. The number of benzene rings is 2. The molecule has 0 spiro atoms. The summed E-state index contributed by atoms with van der Waals surface area (Å²) in [5, 5.41) is 10.6. The molecule has 0 radical (unpaired) electrons. The van der Waals surface area contributed by atoms with Crippen molar-refractivity contribution in [1.29, 1.82) is 0 Å². The van der Waals surface area contributed by atoms with E-state index in [0.717, 1.165) is 0 Å². The molecule has 1 atom stereocenters. The molecule has 1 heterocycles. The Morgan fingerprint density at radius 3 is 2.54 bits per heavy atom. The lowest BCUT2D eigenvalue weighted by molar-refractivity contribution is -0.121. The number of rotatable bonds is 2. The number of hydrogen-bond donors (Lipinski definition) is 1. The first kappa shape index (κ1) is 17.2. The smallest absolute Gasteiger partial charge is 0.278 e. The Labute approximate surface area is 153 Å². The van der Waals surface area contributed by atoms with Gasteiger partial charge in [0.2, 0.25) is 0 Å². The van der Waals surface area contributed by atoms with Crippen molar-refractivity contribution in [2.24, 2.45) is 0 Å².